The number of likely N-dealkylation sites (N-methyl/N-ethyl adjacent to an activating group) is 1. The highest BCUT2D eigenvalue weighted by Gasteiger charge is 2.21. The predicted molar refractivity (Wildman–Crippen MR) is 143 cm³/mol. The largest absolute Gasteiger partial charge is 0.493 e. The molecule has 1 fully saturated rings. The van der Waals surface area contributed by atoms with Gasteiger partial charge in [0.05, 0.1) is 36.7 Å². The quantitative estimate of drug-likeness (QED) is 0.376. The predicted octanol–water partition coefficient (Wildman–Crippen LogP) is 4.72. The topological polar surface area (TPSA) is 59.8 Å². The zero-order chi connectivity index (χ0) is 25.4. The molecule has 36 heavy (non-hydrogen) atoms. The van der Waals surface area contributed by atoms with Crippen molar-refractivity contribution in [1.82, 2.24) is 14.5 Å². The fourth-order valence-corrected chi connectivity index (χ4v) is 5.46. The second kappa shape index (κ2) is 9.91. The fourth-order valence-electron chi connectivity index (χ4n) is 4.63. The van der Waals surface area contributed by atoms with Crippen LogP contribution in [0, 0.1) is 5.82 Å². The summed E-state index contributed by atoms with van der Waals surface area (Å²) in [5.74, 6) is 0.874. The maximum atomic E-state index is 15.3. The van der Waals surface area contributed by atoms with E-state index >= 15 is 4.39 Å². The summed E-state index contributed by atoms with van der Waals surface area (Å²) in [6.07, 6.45) is 1.84. The Hall–Kier alpha value is -3.43. The van der Waals surface area contributed by atoms with Gasteiger partial charge < -0.3 is 23.8 Å². The summed E-state index contributed by atoms with van der Waals surface area (Å²) in [4.78, 5) is 22.6. The second-order valence-corrected chi connectivity index (χ2v) is 9.73. The van der Waals surface area contributed by atoms with Crippen LogP contribution in [0.1, 0.15) is 6.92 Å². The van der Waals surface area contributed by atoms with E-state index in [2.05, 4.69) is 16.8 Å². The van der Waals surface area contributed by atoms with Crippen molar-refractivity contribution in [2.45, 2.75) is 13.5 Å². The van der Waals surface area contributed by atoms with Crippen molar-refractivity contribution in [3.63, 3.8) is 0 Å². The number of rotatable bonds is 6. The molecular weight excluding hydrogens is 479 g/mol. The van der Waals surface area contributed by atoms with Gasteiger partial charge in [0.1, 0.15) is 10.8 Å². The summed E-state index contributed by atoms with van der Waals surface area (Å²) in [6.45, 7) is 5.93. The number of hydrogen-bond donors (Lipinski definition) is 0. The minimum absolute atomic E-state index is 0.216. The molecule has 0 radical (unpaired) electrons. The average Bonchev–Trinajstić information content (AvgIpc) is 3.39. The number of anilines is 1. The van der Waals surface area contributed by atoms with Crippen LogP contribution in [0.3, 0.4) is 0 Å². The Balaban J connectivity index is 1.56. The molecule has 0 aliphatic carbocycles. The standard InChI is InChI=1S/C27H29FN4O3S/c1-5-31-15-19(27-29-21(16-36-27)17-6-7-24(34-3)25(12-17)35-4)26(33)18-13-20(28)23(14-22(18)31)32-10-8-30(2)9-11-32/h6-7,12-16H,5,8-11H2,1-4H3. The second-order valence-electron chi connectivity index (χ2n) is 8.88. The van der Waals surface area contributed by atoms with Crippen molar-refractivity contribution in [1.29, 1.82) is 0 Å². The SMILES string of the molecule is CCn1cc(-c2nc(-c3ccc(OC)c(OC)c3)cs2)c(=O)c2cc(F)c(N3CCN(C)CC3)cc21. The van der Waals surface area contributed by atoms with Crippen molar-refractivity contribution in [3.8, 4) is 33.3 Å². The maximum absolute atomic E-state index is 15.3. The van der Waals surface area contributed by atoms with Crippen LogP contribution in [0.25, 0.3) is 32.7 Å². The molecule has 5 rings (SSSR count). The molecule has 0 atom stereocenters. The first-order valence-electron chi connectivity index (χ1n) is 11.9. The molecule has 1 saturated heterocycles. The minimum atomic E-state index is -0.367. The zero-order valence-corrected chi connectivity index (χ0v) is 21.7. The van der Waals surface area contributed by atoms with Crippen LogP contribution in [-0.2, 0) is 6.54 Å². The van der Waals surface area contributed by atoms with E-state index in [-0.39, 0.29) is 11.2 Å². The highest BCUT2D eigenvalue weighted by Crippen LogP contribution is 2.35. The Kier molecular flexibility index (Phi) is 6.68. The van der Waals surface area contributed by atoms with E-state index in [1.807, 2.05) is 47.3 Å². The Bertz CT molecular complexity index is 1470. The number of pyridine rings is 1. The number of thiazole rings is 1. The van der Waals surface area contributed by atoms with Crippen molar-refractivity contribution in [2.24, 2.45) is 0 Å². The summed E-state index contributed by atoms with van der Waals surface area (Å²) in [5, 5.41) is 2.87. The van der Waals surface area contributed by atoms with Gasteiger partial charge in [-0.05, 0) is 44.3 Å². The number of nitrogens with zero attached hydrogens (tertiary/aromatic N) is 4. The third-order valence-corrected chi connectivity index (χ3v) is 7.62. The van der Waals surface area contributed by atoms with Crippen molar-refractivity contribution in [3.05, 3.63) is 57.9 Å². The van der Waals surface area contributed by atoms with Crippen LogP contribution < -0.4 is 19.8 Å². The first-order valence-corrected chi connectivity index (χ1v) is 12.8. The van der Waals surface area contributed by atoms with Gasteiger partial charge >= 0.3 is 0 Å². The summed E-state index contributed by atoms with van der Waals surface area (Å²) in [5.41, 5.74) is 3.12. The van der Waals surface area contributed by atoms with Crippen molar-refractivity contribution >= 4 is 27.9 Å². The molecular formula is C27H29FN4O3S. The van der Waals surface area contributed by atoms with Gasteiger partial charge in [0.15, 0.2) is 16.9 Å². The molecule has 3 heterocycles. The van der Waals surface area contributed by atoms with Crippen LogP contribution in [0.4, 0.5) is 10.1 Å². The van der Waals surface area contributed by atoms with Crippen LogP contribution in [-0.4, -0.2) is 61.9 Å². The lowest BCUT2D eigenvalue weighted by atomic mass is 10.1. The maximum Gasteiger partial charge on any atom is 0.199 e. The smallest absolute Gasteiger partial charge is 0.199 e. The van der Waals surface area contributed by atoms with E-state index in [1.54, 1.807) is 14.2 Å². The lowest BCUT2D eigenvalue weighted by Crippen LogP contribution is -2.44. The number of halogens is 1. The molecule has 1 aliphatic heterocycles. The van der Waals surface area contributed by atoms with E-state index in [1.165, 1.54) is 17.4 Å². The van der Waals surface area contributed by atoms with Gasteiger partial charge in [-0.3, -0.25) is 4.79 Å². The molecule has 0 spiro atoms. The Morgan fingerprint density at radius 2 is 1.81 bits per heavy atom. The molecule has 188 valence electrons. The molecule has 1 aliphatic rings. The Morgan fingerprint density at radius 1 is 1.06 bits per heavy atom. The number of fused-ring (bicyclic) bond motifs is 1. The van der Waals surface area contributed by atoms with Gasteiger partial charge in [0, 0.05) is 55.3 Å². The van der Waals surface area contributed by atoms with Gasteiger partial charge in [0.25, 0.3) is 0 Å². The van der Waals surface area contributed by atoms with Crippen LogP contribution >= 0.6 is 11.3 Å². The van der Waals surface area contributed by atoms with E-state index < -0.39 is 0 Å². The normalized spacial score (nSPS) is 14.4. The number of hydrogen-bond acceptors (Lipinski definition) is 7. The summed E-state index contributed by atoms with van der Waals surface area (Å²) >= 11 is 1.39. The van der Waals surface area contributed by atoms with E-state index in [0.717, 1.165) is 43.0 Å². The van der Waals surface area contributed by atoms with Crippen LogP contribution in [0.15, 0.2) is 46.7 Å². The first-order chi connectivity index (χ1) is 17.4. The number of methoxy groups -OCH3 is 2. The summed E-state index contributed by atoms with van der Waals surface area (Å²) in [6, 6.07) is 8.80. The third-order valence-electron chi connectivity index (χ3n) is 6.75. The minimum Gasteiger partial charge on any atom is -0.493 e. The molecule has 7 nitrogen and oxygen atoms in total. The summed E-state index contributed by atoms with van der Waals surface area (Å²) < 4.78 is 28.0. The highest BCUT2D eigenvalue weighted by atomic mass is 32.1. The molecule has 0 amide bonds. The molecule has 2 aromatic heterocycles. The van der Waals surface area contributed by atoms with Gasteiger partial charge in [-0.15, -0.1) is 11.3 Å². The Morgan fingerprint density at radius 3 is 2.50 bits per heavy atom. The molecule has 0 bridgehead atoms. The van der Waals surface area contributed by atoms with E-state index in [4.69, 9.17) is 14.5 Å². The first kappa shape index (κ1) is 24.3. The third kappa shape index (κ3) is 4.33. The van der Waals surface area contributed by atoms with Crippen LogP contribution in [0.5, 0.6) is 11.5 Å². The average molecular weight is 509 g/mol. The van der Waals surface area contributed by atoms with Crippen molar-refractivity contribution in [2.75, 3.05) is 52.3 Å². The van der Waals surface area contributed by atoms with Gasteiger partial charge in [-0.2, -0.15) is 0 Å². The molecule has 0 unspecified atom stereocenters. The molecule has 9 heteroatoms. The lowest BCUT2D eigenvalue weighted by molar-refractivity contribution is 0.312. The Labute approximate surface area is 213 Å². The molecule has 0 saturated carbocycles. The highest BCUT2D eigenvalue weighted by molar-refractivity contribution is 7.13. The van der Waals surface area contributed by atoms with Gasteiger partial charge in [-0.25, -0.2) is 9.37 Å². The molecule has 2 aromatic carbocycles. The zero-order valence-electron chi connectivity index (χ0n) is 20.9. The van der Waals surface area contributed by atoms with Crippen LogP contribution in [0.2, 0.25) is 0 Å². The van der Waals surface area contributed by atoms with E-state index in [9.17, 15) is 4.79 Å². The fraction of sp³-hybridized carbons (Fsp3) is 0.333. The number of aryl methyl sites for hydroxylation is 1. The number of ether oxygens (including phenoxy) is 2. The van der Waals surface area contributed by atoms with Crippen molar-refractivity contribution < 1.29 is 13.9 Å². The van der Waals surface area contributed by atoms with Gasteiger partial charge in [-0.1, -0.05) is 0 Å². The number of aromatic nitrogens is 2. The lowest BCUT2D eigenvalue weighted by Gasteiger charge is -2.34. The van der Waals surface area contributed by atoms with Gasteiger partial charge in [0.2, 0.25) is 0 Å². The molecule has 0 N–H and O–H groups in total. The van der Waals surface area contributed by atoms with E-state index in [0.29, 0.717) is 39.7 Å². The number of piperazine rings is 1. The number of benzene rings is 2. The monoisotopic (exact) mass is 508 g/mol. The summed E-state index contributed by atoms with van der Waals surface area (Å²) in [7, 11) is 5.25. The molecule has 4 aromatic rings.